The summed E-state index contributed by atoms with van der Waals surface area (Å²) < 4.78 is 23.2. The smallest absolute Gasteiger partial charge is 0.262 e. The summed E-state index contributed by atoms with van der Waals surface area (Å²) in [7, 11) is 1.38. The topological polar surface area (TPSA) is 54.5 Å². The number of nitrogens with zero attached hydrogens (tertiary/aromatic N) is 1. The van der Waals surface area contributed by atoms with Gasteiger partial charge in [0.2, 0.25) is 0 Å². The molecule has 1 saturated heterocycles. The number of hydrogen-bond donors (Lipinski definition) is 0. The quantitative estimate of drug-likeness (QED) is 0.779. The van der Waals surface area contributed by atoms with Gasteiger partial charge in [0.05, 0.1) is 15.5 Å². The molecule has 1 aromatic rings. The molecule has 0 saturated carbocycles. The molecule has 110 valence electrons. The zero-order chi connectivity index (χ0) is 14.9. The Hall–Kier alpha value is -0.780. The first kappa shape index (κ1) is 15.6. The molecule has 0 aliphatic carbocycles. The lowest BCUT2D eigenvalue weighted by atomic mass is 10.0. The predicted octanol–water partition coefficient (Wildman–Crippen LogP) is 3.28. The average molecular weight is 336 g/mol. The minimum Gasteiger partial charge on any atom is -0.336 e. The van der Waals surface area contributed by atoms with Crippen molar-refractivity contribution in [3.05, 3.63) is 28.8 Å². The number of halogens is 2. The van der Waals surface area contributed by atoms with Gasteiger partial charge in [0.25, 0.3) is 15.0 Å². The molecule has 1 aromatic carbocycles. The van der Waals surface area contributed by atoms with Crippen molar-refractivity contribution in [1.82, 2.24) is 4.90 Å². The highest BCUT2D eigenvalue weighted by Gasteiger charge is 2.30. The van der Waals surface area contributed by atoms with Crippen LogP contribution in [0.2, 0.25) is 5.02 Å². The van der Waals surface area contributed by atoms with Crippen molar-refractivity contribution in [3.8, 4) is 0 Å². The third-order valence-electron chi connectivity index (χ3n) is 3.52. The first-order chi connectivity index (χ1) is 9.32. The highest BCUT2D eigenvalue weighted by molar-refractivity contribution is 8.13. The largest absolute Gasteiger partial charge is 0.336 e. The average Bonchev–Trinajstić information content (AvgIpc) is 2.37. The maximum Gasteiger partial charge on any atom is 0.262 e. The van der Waals surface area contributed by atoms with Crippen molar-refractivity contribution < 1.29 is 13.2 Å². The first-order valence-electron chi connectivity index (χ1n) is 6.36. The van der Waals surface area contributed by atoms with Gasteiger partial charge >= 0.3 is 0 Å². The molecule has 1 atom stereocenters. The summed E-state index contributed by atoms with van der Waals surface area (Å²) >= 11 is 6.03. The molecule has 1 heterocycles. The van der Waals surface area contributed by atoms with Crippen LogP contribution >= 0.6 is 22.3 Å². The lowest BCUT2D eigenvalue weighted by Crippen LogP contribution is -2.42. The molecule has 0 radical (unpaired) electrons. The van der Waals surface area contributed by atoms with Gasteiger partial charge in [0.15, 0.2) is 0 Å². The monoisotopic (exact) mass is 335 g/mol. The van der Waals surface area contributed by atoms with E-state index in [1.54, 1.807) is 4.90 Å². The van der Waals surface area contributed by atoms with Crippen molar-refractivity contribution in [2.75, 3.05) is 6.54 Å². The summed E-state index contributed by atoms with van der Waals surface area (Å²) in [4.78, 5) is 14.1. The zero-order valence-corrected chi connectivity index (χ0v) is 13.3. The van der Waals surface area contributed by atoms with Crippen molar-refractivity contribution in [3.63, 3.8) is 0 Å². The number of likely N-dealkylation sites (tertiary alicyclic amines) is 1. The summed E-state index contributed by atoms with van der Waals surface area (Å²) in [5.41, 5.74) is -0.0297. The van der Waals surface area contributed by atoms with E-state index in [2.05, 4.69) is 0 Å². The highest BCUT2D eigenvalue weighted by atomic mass is 35.7. The molecular formula is C13H15Cl2NO3S. The van der Waals surface area contributed by atoms with Gasteiger partial charge in [-0.3, -0.25) is 4.79 Å². The van der Waals surface area contributed by atoms with Crippen LogP contribution in [0.15, 0.2) is 23.1 Å². The number of benzene rings is 1. The Balaban J connectivity index is 2.49. The summed E-state index contributed by atoms with van der Waals surface area (Å²) in [6.45, 7) is 2.55. The second-order valence-electron chi connectivity index (χ2n) is 4.89. The number of amides is 1. The van der Waals surface area contributed by atoms with Crippen LogP contribution in [-0.4, -0.2) is 31.8 Å². The Morgan fingerprint density at radius 2 is 2.05 bits per heavy atom. The summed E-state index contributed by atoms with van der Waals surface area (Å²) in [5, 5.41) is 0.106. The van der Waals surface area contributed by atoms with E-state index in [0.29, 0.717) is 6.54 Å². The van der Waals surface area contributed by atoms with E-state index >= 15 is 0 Å². The van der Waals surface area contributed by atoms with E-state index < -0.39 is 9.05 Å². The molecule has 0 bridgehead atoms. The third kappa shape index (κ3) is 3.10. The molecule has 7 heteroatoms. The molecular weight excluding hydrogens is 321 g/mol. The van der Waals surface area contributed by atoms with Crippen molar-refractivity contribution in [2.24, 2.45) is 0 Å². The molecule has 0 aromatic heterocycles. The molecule has 1 aliphatic heterocycles. The number of rotatable bonds is 2. The Morgan fingerprint density at radius 3 is 2.65 bits per heavy atom. The van der Waals surface area contributed by atoms with Gasteiger partial charge in [-0.2, -0.15) is 0 Å². The molecule has 1 fully saturated rings. The van der Waals surface area contributed by atoms with E-state index in [-0.39, 0.29) is 27.4 Å². The van der Waals surface area contributed by atoms with Gasteiger partial charge in [0, 0.05) is 23.3 Å². The fourth-order valence-corrected chi connectivity index (χ4v) is 3.84. The van der Waals surface area contributed by atoms with Crippen LogP contribution in [-0.2, 0) is 9.05 Å². The van der Waals surface area contributed by atoms with E-state index in [1.165, 1.54) is 18.2 Å². The zero-order valence-electron chi connectivity index (χ0n) is 11.0. The Kier molecular flexibility index (Phi) is 4.62. The normalized spacial score (nSPS) is 19.9. The van der Waals surface area contributed by atoms with Crippen LogP contribution in [0.3, 0.4) is 0 Å². The number of carbonyl (C=O) groups excluding carboxylic acids is 1. The molecule has 1 unspecified atom stereocenters. The maximum atomic E-state index is 12.6. The lowest BCUT2D eigenvalue weighted by molar-refractivity contribution is 0.0632. The van der Waals surface area contributed by atoms with Crippen LogP contribution in [0, 0.1) is 0 Å². The molecule has 20 heavy (non-hydrogen) atoms. The molecule has 0 N–H and O–H groups in total. The van der Waals surface area contributed by atoms with Crippen LogP contribution in [0.5, 0.6) is 0 Å². The number of hydrogen-bond acceptors (Lipinski definition) is 3. The Morgan fingerprint density at radius 1 is 1.35 bits per heavy atom. The predicted molar refractivity (Wildman–Crippen MR) is 78.8 cm³/mol. The Labute approximate surface area is 128 Å². The van der Waals surface area contributed by atoms with Crippen LogP contribution in [0.1, 0.15) is 36.5 Å². The number of carbonyl (C=O) groups is 1. The van der Waals surface area contributed by atoms with Gasteiger partial charge in [-0.1, -0.05) is 17.7 Å². The van der Waals surface area contributed by atoms with Crippen LogP contribution < -0.4 is 0 Å². The van der Waals surface area contributed by atoms with Crippen molar-refractivity contribution in [1.29, 1.82) is 0 Å². The summed E-state index contributed by atoms with van der Waals surface area (Å²) in [5.74, 6) is -0.373. The van der Waals surface area contributed by atoms with E-state index in [9.17, 15) is 13.2 Å². The summed E-state index contributed by atoms with van der Waals surface area (Å²) in [6, 6.07) is 4.33. The molecule has 4 nitrogen and oxygen atoms in total. The standard InChI is InChI=1S/C13H15Cl2NO3S/c1-9-5-2-3-8-16(9)13(17)12-10(14)6-4-7-11(12)20(15,18)19/h4,6-7,9H,2-3,5,8H2,1H3. The molecule has 1 amide bonds. The van der Waals surface area contributed by atoms with Gasteiger partial charge in [-0.15, -0.1) is 0 Å². The van der Waals surface area contributed by atoms with Gasteiger partial charge in [-0.05, 0) is 38.3 Å². The van der Waals surface area contributed by atoms with E-state index in [1.807, 2.05) is 6.92 Å². The van der Waals surface area contributed by atoms with E-state index in [0.717, 1.165) is 19.3 Å². The first-order valence-corrected chi connectivity index (χ1v) is 9.05. The van der Waals surface area contributed by atoms with Crippen LogP contribution in [0.25, 0.3) is 0 Å². The van der Waals surface area contributed by atoms with Gasteiger partial charge in [0.1, 0.15) is 0 Å². The van der Waals surface area contributed by atoms with Gasteiger partial charge < -0.3 is 4.90 Å². The van der Waals surface area contributed by atoms with E-state index in [4.69, 9.17) is 22.3 Å². The minimum absolute atomic E-state index is 0.0297. The van der Waals surface area contributed by atoms with Crippen molar-refractivity contribution in [2.45, 2.75) is 37.1 Å². The highest BCUT2D eigenvalue weighted by Crippen LogP contribution is 2.29. The number of piperidine rings is 1. The second-order valence-corrected chi connectivity index (χ2v) is 7.84. The molecule has 1 aliphatic rings. The van der Waals surface area contributed by atoms with Crippen molar-refractivity contribution >= 4 is 37.2 Å². The summed E-state index contributed by atoms with van der Waals surface area (Å²) in [6.07, 6.45) is 2.87. The van der Waals surface area contributed by atoms with Gasteiger partial charge in [-0.25, -0.2) is 8.42 Å². The second kappa shape index (κ2) is 5.92. The maximum absolute atomic E-state index is 12.6. The molecule has 2 rings (SSSR count). The lowest BCUT2D eigenvalue weighted by Gasteiger charge is -2.34. The fraction of sp³-hybridized carbons (Fsp3) is 0.462. The minimum atomic E-state index is -4.02. The SMILES string of the molecule is CC1CCCCN1C(=O)c1c(Cl)cccc1S(=O)(=O)Cl. The van der Waals surface area contributed by atoms with Crippen LogP contribution in [0.4, 0.5) is 0 Å². The third-order valence-corrected chi connectivity index (χ3v) is 5.20. The fourth-order valence-electron chi connectivity index (χ4n) is 2.46. The molecule has 0 spiro atoms. The Bertz CT molecular complexity index is 631.